The molecule has 0 spiro atoms. The van der Waals surface area contributed by atoms with E-state index in [1.807, 2.05) is 0 Å². The molecule has 82 valence electrons. The highest BCUT2D eigenvalue weighted by atomic mass is 32.1. The van der Waals surface area contributed by atoms with E-state index in [9.17, 15) is 9.59 Å². The molecule has 0 aliphatic heterocycles. The Morgan fingerprint density at radius 2 is 2.20 bits per heavy atom. The lowest BCUT2D eigenvalue weighted by molar-refractivity contribution is -0.138. The van der Waals surface area contributed by atoms with E-state index in [2.05, 4.69) is 4.98 Å². The number of carboxylic acid groups (broad SMARTS) is 2. The van der Waals surface area contributed by atoms with Gasteiger partial charge in [-0.15, -0.1) is 11.3 Å². The van der Waals surface area contributed by atoms with Crippen LogP contribution in [0, 0.1) is 0 Å². The van der Waals surface area contributed by atoms with Crippen LogP contribution in [0.5, 0.6) is 0 Å². The first-order valence-corrected chi connectivity index (χ1v) is 5.04. The Balaban J connectivity index is 2.51. The van der Waals surface area contributed by atoms with Crippen LogP contribution in [0.4, 0.5) is 0 Å². The molecule has 6 nitrogen and oxygen atoms in total. The van der Waals surface area contributed by atoms with Crippen molar-refractivity contribution in [1.82, 2.24) is 4.98 Å². The molecule has 7 heteroatoms. The van der Waals surface area contributed by atoms with E-state index in [1.54, 1.807) is 0 Å². The fourth-order valence-electron chi connectivity index (χ4n) is 0.926. The Kier molecular flexibility index (Phi) is 3.75. The molecule has 1 rings (SSSR count). The minimum atomic E-state index is -1.08. The van der Waals surface area contributed by atoms with Gasteiger partial charge in [-0.3, -0.25) is 4.79 Å². The summed E-state index contributed by atoms with van der Waals surface area (Å²) in [6.45, 7) is 0. The summed E-state index contributed by atoms with van der Waals surface area (Å²) in [5.41, 5.74) is 5.28. The van der Waals surface area contributed by atoms with Crippen LogP contribution in [0.2, 0.25) is 0 Å². The summed E-state index contributed by atoms with van der Waals surface area (Å²) < 4.78 is 0. The fourth-order valence-corrected chi connectivity index (χ4v) is 1.71. The monoisotopic (exact) mass is 230 g/mol. The number of hydrogen-bond acceptors (Lipinski definition) is 5. The summed E-state index contributed by atoms with van der Waals surface area (Å²) in [6, 6.07) is -0.929. The minimum Gasteiger partial charge on any atom is -0.480 e. The molecule has 1 atom stereocenters. The Hall–Kier alpha value is -1.47. The van der Waals surface area contributed by atoms with Gasteiger partial charge >= 0.3 is 11.9 Å². The predicted octanol–water partition coefficient (Wildman–Crippen LogP) is 0.186. The van der Waals surface area contributed by atoms with Gasteiger partial charge in [0.15, 0.2) is 5.69 Å². The number of thiazole rings is 1. The maximum Gasteiger partial charge on any atom is 0.355 e. The minimum absolute atomic E-state index is 0.0149. The van der Waals surface area contributed by atoms with Crippen molar-refractivity contribution >= 4 is 23.3 Å². The van der Waals surface area contributed by atoms with E-state index in [0.29, 0.717) is 11.4 Å². The molecule has 1 aromatic rings. The summed E-state index contributed by atoms with van der Waals surface area (Å²) in [5, 5.41) is 19.1. The lowest BCUT2D eigenvalue weighted by atomic mass is 10.2. The molecule has 1 aromatic heterocycles. The van der Waals surface area contributed by atoms with E-state index in [0.717, 1.165) is 0 Å². The van der Waals surface area contributed by atoms with Gasteiger partial charge in [0.05, 0.1) is 5.01 Å². The van der Waals surface area contributed by atoms with Crippen LogP contribution in [0.1, 0.15) is 21.9 Å². The molecule has 0 saturated heterocycles. The third-order valence-corrected chi connectivity index (χ3v) is 2.67. The van der Waals surface area contributed by atoms with E-state index in [-0.39, 0.29) is 12.1 Å². The fraction of sp³-hybridized carbons (Fsp3) is 0.375. The zero-order valence-corrected chi connectivity index (χ0v) is 8.53. The molecule has 1 unspecified atom stereocenters. The largest absolute Gasteiger partial charge is 0.480 e. The van der Waals surface area contributed by atoms with E-state index in [4.69, 9.17) is 15.9 Å². The number of nitrogens with two attached hydrogens (primary N) is 1. The number of aliphatic carboxylic acids is 1. The molecule has 0 saturated carbocycles. The predicted molar refractivity (Wildman–Crippen MR) is 53.0 cm³/mol. The van der Waals surface area contributed by atoms with Crippen LogP contribution < -0.4 is 5.73 Å². The molecule has 0 amide bonds. The maximum absolute atomic E-state index is 10.5. The lowest BCUT2D eigenvalue weighted by Crippen LogP contribution is -2.30. The lowest BCUT2D eigenvalue weighted by Gasteiger charge is -2.02. The first-order chi connectivity index (χ1) is 7.00. The van der Waals surface area contributed by atoms with Crippen LogP contribution in [-0.4, -0.2) is 33.2 Å². The van der Waals surface area contributed by atoms with Gasteiger partial charge in [-0.25, -0.2) is 9.78 Å². The molecule has 0 aromatic carbocycles. The van der Waals surface area contributed by atoms with Crippen molar-refractivity contribution in [1.29, 1.82) is 0 Å². The van der Waals surface area contributed by atoms with Crippen LogP contribution in [0.15, 0.2) is 5.38 Å². The molecule has 0 radical (unpaired) electrons. The Bertz CT molecular complexity index is 376. The highest BCUT2D eigenvalue weighted by molar-refractivity contribution is 7.09. The Morgan fingerprint density at radius 3 is 2.67 bits per heavy atom. The highest BCUT2D eigenvalue weighted by Crippen LogP contribution is 2.12. The van der Waals surface area contributed by atoms with E-state index < -0.39 is 18.0 Å². The van der Waals surface area contributed by atoms with Crippen molar-refractivity contribution in [2.45, 2.75) is 18.9 Å². The van der Waals surface area contributed by atoms with Gasteiger partial charge in [0, 0.05) is 11.8 Å². The van der Waals surface area contributed by atoms with Gasteiger partial charge in [-0.2, -0.15) is 0 Å². The first kappa shape index (κ1) is 11.6. The average Bonchev–Trinajstić information content (AvgIpc) is 2.62. The van der Waals surface area contributed by atoms with Crippen molar-refractivity contribution in [2.75, 3.05) is 0 Å². The number of carboxylic acids is 2. The Morgan fingerprint density at radius 1 is 1.53 bits per heavy atom. The smallest absolute Gasteiger partial charge is 0.355 e. The number of rotatable bonds is 5. The van der Waals surface area contributed by atoms with E-state index in [1.165, 1.54) is 16.7 Å². The summed E-state index contributed by atoms with van der Waals surface area (Å²) in [6.07, 6.45) is 0.632. The average molecular weight is 230 g/mol. The quantitative estimate of drug-likeness (QED) is 0.665. The van der Waals surface area contributed by atoms with Crippen LogP contribution in [-0.2, 0) is 11.2 Å². The SMILES string of the molecule is NC(CCc1nc(C(=O)O)cs1)C(=O)O. The standard InChI is InChI=1S/C8H10N2O4S/c9-4(7(11)12)1-2-6-10-5(3-15-6)8(13)14/h3-4H,1-2,9H2,(H,11,12)(H,13,14). The third-order valence-electron chi connectivity index (χ3n) is 1.76. The van der Waals surface area contributed by atoms with Crippen molar-refractivity contribution in [3.63, 3.8) is 0 Å². The van der Waals surface area contributed by atoms with E-state index >= 15 is 0 Å². The zero-order chi connectivity index (χ0) is 11.4. The molecular formula is C8H10N2O4S. The van der Waals surface area contributed by atoms with Crippen LogP contribution >= 0.6 is 11.3 Å². The van der Waals surface area contributed by atoms with Crippen molar-refractivity contribution in [3.05, 3.63) is 16.1 Å². The number of nitrogens with zero attached hydrogens (tertiary/aromatic N) is 1. The van der Waals surface area contributed by atoms with Crippen molar-refractivity contribution in [2.24, 2.45) is 5.73 Å². The molecule has 15 heavy (non-hydrogen) atoms. The number of aromatic carboxylic acids is 1. The van der Waals surface area contributed by atoms with Crippen molar-refractivity contribution in [3.8, 4) is 0 Å². The number of hydrogen-bond donors (Lipinski definition) is 3. The second-order valence-corrected chi connectivity index (χ2v) is 3.86. The topological polar surface area (TPSA) is 114 Å². The summed E-state index contributed by atoms with van der Waals surface area (Å²) >= 11 is 1.19. The van der Waals surface area contributed by atoms with Gasteiger partial charge in [0.25, 0.3) is 0 Å². The number of aromatic nitrogens is 1. The van der Waals surface area contributed by atoms with Crippen LogP contribution in [0.25, 0.3) is 0 Å². The second-order valence-electron chi connectivity index (χ2n) is 2.92. The van der Waals surface area contributed by atoms with Gasteiger partial charge in [0.1, 0.15) is 6.04 Å². The molecule has 0 bridgehead atoms. The molecule has 4 N–H and O–H groups in total. The number of carbonyl (C=O) groups is 2. The van der Waals surface area contributed by atoms with Gasteiger partial charge in [-0.1, -0.05) is 0 Å². The Labute approximate surface area is 89.4 Å². The third kappa shape index (κ3) is 3.30. The van der Waals surface area contributed by atoms with Crippen molar-refractivity contribution < 1.29 is 19.8 Å². The highest BCUT2D eigenvalue weighted by Gasteiger charge is 2.13. The zero-order valence-electron chi connectivity index (χ0n) is 7.71. The summed E-state index contributed by atoms with van der Waals surface area (Å²) in [4.78, 5) is 24.7. The molecule has 1 heterocycles. The summed E-state index contributed by atoms with van der Waals surface area (Å²) in [7, 11) is 0. The molecule has 0 aliphatic carbocycles. The van der Waals surface area contributed by atoms with Gasteiger partial charge < -0.3 is 15.9 Å². The number of aryl methyl sites for hydroxylation is 1. The molecular weight excluding hydrogens is 220 g/mol. The maximum atomic E-state index is 10.5. The second kappa shape index (κ2) is 4.85. The molecule has 0 aliphatic rings. The van der Waals surface area contributed by atoms with Gasteiger partial charge in [0.2, 0.25) is 0 Å². The summed E-state index contributed by atoms with van der Waals surface area (Å²) in [5.74, 6) is -2.15. The van der Waals surface area contributed by atoms with Gasteiger partial charge in [-0.05, 0) is 6.42 Å². The van der Waals surface area contributed by atoms with Crippen LogP contribution in [0.3, 0.4) is 0 Å². The molecule has 0 fully saturated rings. The normalized spacial score (nSPS) is 12.3. The first-order valence-electron chi connectivity index (χ1n) is 4.16.